The van der Waals surface area contributed by atoms with E-state index in [2.05, 4.69) is 10.2 Å². The van der Waals surface area contributed by atoms with E-state index < -0.39 is 13.1 Å². The summed E-state index contributed by atoms with van der Waals surface area (Å²) in [6, 6.07) is 3.60. The van der Waals surface area contributed by atoms with Gasteiger partial charge in [0.15, 0.2) is 5.16 Å². The second kappa shape index (κ2) is 5.66. The van der Waals surface area contributed by atoms with Crippen molar-refractivity contribution in [3.8, 4) is 5.75 Å². The summed E-state index contributed by atoms with van der Waals surface area (Å²) in [5, 5.41) is 27.7. The van der Waals surface area contributed by atoms with Crippen molar-refractivity contribution in [3.05, 3.63) is 35.2 Å². The highest BCUT2D eigenvalue weighted by Gasteiger charge is 2.38. The van der Waals surface area contributed by atoms with Gasteiger partial charge in [0.1, 0.15) is 17.6 Å². The summed E-state index contributed by atoms with van der Waals surface area (Å²) in [6.45, 7) is 1.71. The van der Waals surface area contributed by atoms with Gasteiger partial charge in [0.2, 0.25) is 0 Å². The Labute approximate surface area is 131 Å². The number of benzene rings is 1. The quantitative estimate of drug-likeness (QED) is 0.812. The normalized spacial score (nSPS) is 17.0. The number of carbonyl (C=O) groups is 1. The summed E-state index contributed by atoms with van der Waals surface area (Å²) in [6.07, 6.45) is 2.08. The van der Waals surface area contributed by atoms with Gasteiger partial charge in [-0.1, -0.05) is 23.9 Å². The van der Waals surface area contributed by atoms with Crippen molar-refractivity contribution in [3.63, 3.8) is 0 Å². The number of thioether (sulfide) groups is 1. The molecule has 1 atom stereocenters. The van der Waals surface area contributed by atoms with Gasteiger partial charge < -0.3 is 19.4 Å². The molecule has 0 spiro atoms. The van der Waals surface area contributed by atoms with E-state index in [4.69, 9.17) is 4.65 Å². The van der Waals surface area contributed by atoms with Crippen molar-refractivity contribution >= 4 is 24.8 Å². The van der Waals surface area contributed by atoms with Gasteiger partial charge in [0.05, 0.1) is 5.15 Å². The number of aromatic carboxylic acids is 1. The van der Waals surface area contributed by atoms with E-state index in [0.29, 0.717) is 17.1 Å². The fraction of sp³-hybridized carbons (Fsp3) is 0.308. The molecule has 1 aromatic heterocycles. The molecule has 2 heterocycles. The van der Waals surface area contributed by atoms with E-state index in [1.54, 1.807) is 23.9 Å². The smallest absolute Gasteiger partial charge is 0.535 e. The van der Waals surface area contributed by atoms with Crippen molar-refractivity contribution in [2.75, 3.05) is 0 Å². The Hall–Kier alpha value is -2.00. The molecule has 2 N–H and O–H groups in total. The molecule has 0 unspecified atom stereocenters. The van der Waals surface area contributed by atoms with Crippen LogP contribution in [0.2, 0.25) is 0 Å². The highest BCUT2D eigenvalue weighted by molar-refractivity contribution is 8.01. The lowest BCUT2D eigenvalue weighted by Gasteiger charge is -2.28. The van der Waals surface area contributed by atoms with Crippen LogP contribution < -0.4 is 4.65 Å². The molecular formula is C13H14BN3O4S. The zero-order valence-electron chi connectivity index (χ0n) is 12.1. The van der Waals surface area contributed by atoms with Gasteiger partial charge in [0, 0.05) is 7.05 Å². The minimum atomic E-state index is -1.10. The molecule has 0 radical (unpaired) electrons. The maximum atomic E-state index is 11.4. The number of carboxylic acids is 1. The first-order chi connectivity index (χ1) is 10.5. The summed E-state index contributed by atoms with van der Waals surface area (Å²) in [5.41, 5.74) is 1.49. The molecule has 9 heteroatoms. The fourth-order valence-electron chi connectivity index (χ4n) is 2.41. The summed E-state index contributed by atoms with van der Waals surface area (Å²) in [5.74, 6) is -0.796. The van der Waals surface area contributed by atoms with Crippen molar-refractivity contribution in [1.29, 1.82) is 0 Å². The van der Waals surface area contributed by atoms with Crippen LogP contribution in [-0.4, -0.2) is 43.1 Å². The van der Waals surface area contributed by atoms with Crippen LogP contribution in [0.5, 0.6) is 5.75 Å². The molecule has 1 aliphatic heterocycles. The van der Waals surface area contributed by atoms with Gasteiger partial charge in [-0.25, -0.2) is 4.79 Å². The Morgan fingerprint density at radius 1 is 1.55 bits per heavy atom. The minimum Gasteiger partial charge on any atom is -0.535 e. The van der Waals surface area contributed by atoms with Gasteiger partial charge in [0.25, 0.3) is 0 Å². The molecular weight excluding hydrogens is 305 g/mol. The molecule has 1 aliphatic rings. The monoisotopic (exact) mass is 319 g/mol. The maximum Gasteiger partial charge on any atom is 0.537 e. The molecule has 0 bridgehead atoms. The Bertz CT molecular complexity index is 736. The van der Waals surface area contributed by atoms with Crippen LogP contribution in [-0.2, 0) is 13.5 Å². The van der Waals surface area contributed by atoms with Crippen molar-refractivity contribution in [1.82, 2.24) is 14.8 Å². The van der Waals surface area contributed by atoms with Gasteiger partial charge in [-0.05, 0) is 24.5 Å². The number of carboxylic acid groups (broad SMARTS) is 1. The van der Waals surface area contributed by atoms with Gasteiger partial charge in [-0.2, -0.15) is 0 Å². The predicted octanol–water partition coefficient (Wildman–Crippen LogP) is 0.937. The molecule has 0 fully saturated rings. The molecule has 1 aromatic carbocycles. The Balaban J connectivity index is 1.91. The summed E-state index contributed by atoms with van der Waals surface area (Å²) in [4.78, 5) is 11.4. The lowest BCUT2D eigenvalue weighted by Crippen LogP contribution is -2.41. The predicted molar refractivity (Wildman–Crippen MR) is 81.1 cm³/mol. The fourth-order valence-corrected chi connectivity index (χ4v) is 3.43. The SMILES string of the molecule is Cc1ccc2c(c1C(=O)O)OB(O)[C@@H](Sc1nncn1C)C2. The standard InChI is InChI=1S/C13H14BN3O4S/c1-7-3-4-8-5-9(22-13-16-15-6-17(13)2)14(20)21-11(8)10(7)12(18)19/h3-4,6,9,20H,5H2,1-2H3,(H,18,19)/t9-/m0/s1. The average Bonchev–Trinajstić information content (AvgIpc) is 2.85. The second-order valence-corrected chi connectivity index (χ2v) is 6.35. The van der Waals surface area contributed by atoms with E-state index >= 15 is 0 Å². The first-order valence-electron chi connectivity index (χ1n) is 6.68. The molecule has 7 nitrogen and oxygen atoms in total. The number of hydrogen-bond acceptors (Lipinski definition) is 6. The summed E-state index contributed by atoms with van der Waals surface area (Å²) >= 11 is 1.35. The van der Waals surface area contributed by atoms with Crippen LogP contribution in [0.4, 0.5) is 0 Å². The first-order valence-corrected chi connectivity index (χ1v) is 7.56. The Morgan fingerprint density at radius 2 is 2.32 bits per heavy atom. The second-order valence-electron chi connectivity index (χ2n) is 5.14. The van der Waals surface area contributed by atoms with Crippen LogP contribution in [0.25, 0.3) is 0 Å². The number of nitrogens with zero attached hydrogens (tertiary/aromatic N) is 3. The Kier molecular flexibility index (Phi) is 3.84. The maximum absolute atomic E-state index is 11.4. The largest absolute Gasteiger partial charge is 0.537 e. The number of hydrogen-bond donors (Lipinski definition) is 2. The number of fused-ring (bicyclic) bond motifs is 1. The molecule has 0 aliphatic carbocycles. The third-order valence-electron chi connectivity index (χ3n) is 3.57. The van der Waals surface area contributed by atoms with E-state index in [0.717, 1.165) is 5.56 Å². The van der Waals surface area contributed by atoms with Crippen molar-refractivity contribution < 1.29 is 19.6 Å². The lowest BCUT2D eigenvalue weighted by atomic mass is 9.77. The van der Waals surface area contributed by atoms with Gasteiger partial charge in [-0.15, -0.1) is 10.2 Å². The highest BCUT2D eigenvalue weighted by Crippen LogP contribution is 2.37. The zero-order valence-corrected chi connectivity index (χ0v) is 12.9. The molecule has 0 saturated heterocycles. The molecule has 22 heavy (non-hydrogen) atoms. The van der Waals surface area contributed by atoms with Gasteiger partial charge in [-0.3, -0.25) is 0 Å². The molecule has 0 amide bonds. The van der Waals surface area contributed by atoms with Crippen LogP contribution in [0.3, 0.4) is 0 Å². The molecule has 0 saturated carbocycles. The van der Waals surface area contributed by atoms with E-state index in [-0.39, 0.29) is 16.5 Å². The average molecular weight is 319 g/mol. The molecule has 2 aromatic rings. The van der Waals surface area contributed by atoms with Crippen LogP contribution >= 0.6 is 11.8 Å². The Morgan fingerprint density at radius 3 is 2.95 bits per heavy atom. The third kappa shape index (κ3) is 2.57. The number of aromatic nitrogens is 3. The lowest BCUT2D eigenvalue weighted by molar-refractivity contribution is 0.0693. The van der Waals surface area contributed by atoms with Crippen molar-refractivity contribution in [2.45, 2.75) is 23.7 Å². The van der Waals surface area contributed by atoms with Gasteiger partial charge >= 0.3 is 13.1 Å². The van der Waals surface area contributed by atoms with E-state index in [1.807, 2.05) is 13.1 Å². The van der Waals surface area contributed by atoms with Crippen molar-refractivity contribution in [2.24, 2.45) is 7.05 Å². The topological polar surface area (TPSA) is 97.5 Å². The summed E-state index contributed by atoms with van der Waals surface area (Å²) in [7, 11) is 0.715. The zero-order chi connectivity index (χ0) is 15.9. The van der Waals surface area contributed by atoms with Crippen LogP contribution in [0.1, 0.15) is 21.5 Å². The summed E-state index contributed by atoms with van der Waals surface area (Å²) < 4.78 is 7.26. The minimum absolute atomic E-state index is 0.110. The van der Waals surface area contributed by atoms with Crippen LogP contribution in [0.15, 0.2) is 23.6 Å². The number of rotatable bonds is 3. The molecule has 114 valence electrons. The van der Waals surface area contributed by atoms with Crippen LogP contribution in [0, 0.1) is 6.92 Å². The van der Waals surface area contributed by atoms with E-state index in [1.165, 1.54) is 11.8 Å². The third-order valence-corrected chi connectivity index (χ3v) is 4.85. The van der Waals surface area contributed by atoms with E-state index in [9.17, 15) is 14.9 Å². The highest BCUT2D eigenvalue weighted by atomic mass is 32.2. The number of aryl methyl sites for hydroxylation is 2. The molecule has 3 rings (SSSR count). The first kappa shape index (κ1) is 14.9.